The lowest BCUT2D eigenvalue weighted by atomic mass is 9.96. The van der Waals surface area contributed by atoms with Crippen LogP contribution < -0.4 is 5.56 Å². The topological polar surface area (TPSA) is 61.2 Å². The van der Waals surface area contributed by atoms with E-state index in [1.54, 1.807) is 28.8 Å². The van der Waals surface area contributed by atoms with Gasteiger partial charge in [-0.3, -0.25) is 14.2 Å². The van der Waals surface area contributed by atoms with Gasteiger partial charge in [0.15, 0.2) is 10.9 Å². The third-order valence-electron chi connectivity index (χ3n) is 6.22. The van der Waals surface area contributed by atoms with Crippen molar-refractivity contribution in [1.82, 2.24) is 9.55 Å². The van der Waals surface area contributed by atoms with Gasteiger partial charge in [0.2, 0.25) is 0 Å². The Morgan fingerprint density at radius 2 is 1.94 bits per heavy atom. The first-order valence-electron chi connectivity index (χ1n) is 11.5. The van der Waals surface area contributed by atoms with E-state index in [4.69, 9.17) is 21.3 Å². The number of aromatic nitrogens is 2. The third kappa shape index (κ3) is 5.09. The van der Waals surface area contributed by atoms with Crippen molar-refractivity contribution in [2.24, 2.45) is 5.92 Å². The summed E-state index contributed by atoms with van der Waals surface area (Å²) in [5.41, 5.74) is 2.61. The summed E-state index contributed by atoms with van der Waals surface area (Å²) in [6.45, 7) is 5.19. The Kier molecular flexibility index (Phi) is 7.12. The number of hydrogen-bond donors (Lipinski definition) is 0. The van der Waals surface area contributed by atoms with Crippen molar-refractivity contribution in [3.05, 3.63) is 91.5 Å². The summed E-state index contributed by atoms with van der Waals surface area (Å²) >= 11 is 8.78. The highest BCUT2D eigenvalue weighted by molar-refractivity contribution is 7.99. The van der Waals surface area contributed by atoms with E-state index in [0.29, 0.717) is 40.2 Å². The van der Waals surface area contributed by atoms with Gasteiger partial charge in [0.25, 0.3) is 5.56 Å². The summed E-state index contributed by atoms with van der Waals surface area (Å²) in [5.74, 6) is 0.509. The largest absolute Gasteiger partial charge is 0.372 e. The number of fused-ring (bicyclic) bond motifs is 3. The van der Waals surface area contributed by atoms with Gasteiger partial charge in [-0.1, -0.05) is 67.5 Å². The summed E-state index contributed by atoms with van der Waals surface area (Å²) in [7, 11) is 0. The molecule has 0 aliphatic carbocycles. The molecule has 1 unspecified atom stereocenters. The minimum atomic E-state index is -0.0535. The third-order valence-corrected chi connectivity index (χ3v) is 8.55. The van der Waals surface area contributed by atoms with Gasteiger partial charge in [-0.25, -0.2) is 4.98 Å². The van der Waals surface area contributed by atoms with Crippen LogP contribution in [0, 0.1) is 5.92 Å². The molecule has 0 bridgehead atoms. The van der Waals surface area contributed by atoms with E-state index in [-0.39, 0.29) is 23.2 Å². The predicted molar refractivity (Wildman–Crippen MR) is 143 cm³/mol. The Morgan fingerprint density at radius 3 is 2.66 bits per heavy atom. The lowest BCUT2D eigenvalue weighted by Gasteiger charge is -2.26. The van der Waals surface area contributed by atoms with Crippen LogP contribution in [0.25, 0.3) is 10.2 Å². The fourth-order valence-corrected chi connectivity index (χ4v) is 6.42. The molecule has 0 fully saturated rings. The fourth-order valence-electron chi connectivity index (χ4n) is 4.23. The van der Waals surface area contributed by atoms with E-state index in [2.05, 4.69) is 13.8 Å². The van der Waals surface area contributed by atoms with Gasteiger partial charge in [0.1, 0.15) is 4.83 Å². The zero-order valence-electron chi connectivity index (χ0n) is 19.5. The molecule has 1 aliphatic heterocycles. The number of Topliss-reactive ketones (excluding diaryl/α,β-unsaturated/α-hetero) is 1. The molecule has 4 aromatic rings. The molecular formula is C27H25ClN2O3S2. The molecule has 5 nitrogen and oxygen atoms in total. The number of rotatable bonds is 7. The molecule has 0 amide bonds. The SMILES string of the molecule is CC(C)C1Cc2c(sc3nc(SCC(=O)c4ccc(Cl)cc4)n(Cc4ccccc4)c(=O)c23)CO1. The van der Waals surface area contributed by atoms with Crippen LogP contribution in [0.15, 0.2) is 64.5 Å². The van der Waals surface area contributed by atoms with Crippen LogP contribution in [-0.4, -0.2) is 27.2 Å². The predicted octanol–water partition coefficient (Wildman–Crippen LogP) is 6.23. The number of benzene rings is 2. The fraction of sp³-hybridized carbons (Fsp3) is 0.296. The van der Waals surface area contributed by atoms with Gasteiger partial charge < -0.3 is 4.74 Å². The van der Waals surface area contributed by atoms with Crippen molar-refractivity contribution in [2.75, 3.05) is 5.75 Å². The first-order chi connectivity index (χ1) is 16.9. The Hall–Kier alpha value is -2.45. The number of ether oxygens (including phenoxy) is 1. The summed E-state index contributed by atoms with van der Waals surface area (Å²) < 4.78 is 7.75. The van der Waals surface area contributed by atoms with E-state index in [9.17, 15) is 9.59 Å². The van der Waals surface area contributed by atoms with Crippen molar-refractivity contribution >= 4 is 50.7 Å². The number of thiophene rings is 1. The quantitative estimate of drug-likeness (QED) is 0.163. The molecule has 35 heavy (non-hydrogen) atoms. The van der Waals surface area contributed by atoms with Crippen molar-refractivity contribution in [3.63, 3.8) is 0 Å². The van der Waals surface area contributed by atoms with Crippen LogP contribution >= 0.6 is 34.7 Å². The van der Waals surface area contributed by atoms with E-state index in [1.807, 2.05) is 30.3 Å². The average molecular weight is 525 g/mol. The van der Waals surface area contributed by atoms with Gasteiger partial charge >= 0.3 is 0 Å². The highest BCUT2D eigenvalue weighted by Gasteiger charge is 2.28. The second-order valence-corrected chi connectivity index (χ2v) is 11.4. The van der Waals surface area contributed by atoms with Crippen LogP contribution in [0.3, 0.4) is 0 Å². The van der Waals surface area contributed by atoms with Crippen molar-refractivity contribution in [2.45, 2.75) is 44.7 Å². The molecular weight excluding hydrogens is 500 g/mol. The minimum absolute atomic E-state index is 0.0362. The molecule has 5 rings (SSSR count). The number of ketones is 1. The van der Waals surface area contributed by atoms with E-state index < -0.39 is 0 Å². The lowest BCUT2D eigenvalue weighted by molar-refractivity contribution is 0.00200. The van der Waals surface area contributed by atoms with Crippen LogP contribution in [-0.2, 0) is 24.3 Å². The molecule has 8 heteroatoms. The molecule has 1 aliphatic rings. The maximum Gasteiger partial charge on any atom is 0.263 e. The average Bonchev–Trinajstić information content (AvgIpc) is 3.23. The molecule has 0 saturated carbocycles. The maximum absolute atomic E-state index is 13.9. The van der Waals surface area contributed by atoms with Crippen molar-refractivity contribution in [3.8, 4) is 0 Å². The van der Waals surface area contributed by atoms with Gasteiger partial charge in [-0.15, -0.1) is 11.3 Å². The molecule has 1 atom stereocenters. The normalized spacial score (nSPS) is 15.5. The van der Waals surface area contributed by atoms with E-state index in [1.165, 1.54) is 23.1 Å². The van der Waals surface area contributed by atoms with Gasteiger partial charge in [0.05, 0.1) is 30.4 Å². The molecule has 2 aromatic carbocycles. The summed E-state index contributed by atoms with van der Waals surface area (Å²) in [6, 6.07) is 16.7. The number of thioether (sulfide) groups is 1. The van der Waals surface area contributed by atoms with Crippen molar-refractivity contribution < 1.29 is 9.53 Å². The zero-order chi connectivity index (χ0) is 24.5. The Balaban J connectivity index is 1.54. The maximum atomic E-state index is 13.9. The first kappa shape index (κ1) is 24.3. The Labute approximate surface area is 217 Å². The molecule has 2 aromatic heterocycles. The van der Waals surface area contributed by atoms with Crippen LogP contribution in [0.2, 0.25) is 5.02 Å². The summed E-state index contributed by atoms with van der Waals surface area (Å²) in [6.07, 6.45) is 0.810. The number of hydrogen-bond acceptors (Lipinski definition) is 6. The summed E-state index contributed by atoms with van der Waals surface area (Å²) in [4.78, 5) is 33.4. The molecule has 3 heterocycles. The highest BCUT2D eigenvalue weighted by Crippen LogP contribution is 2.36. The summed E-state index contributed by atoms with van der Waals surface area (Å²) in [5, 5.41) is 1.83. The van der Waals surface area contributed by atoms with Gasteiger partial charge in [0, 0.05) is 21.9 Å². The van der Waals surface area contributed by atoms with E-state index in [0.717, 1.165) is 27.3 Å². The lowest BCUT2D eigenvalue weighted by Crippen LogP contribution is -2.29. The number of halogens is 1. The second-order valence-electron chi connectivity index (χ2n) is 8.97. The van der Waals surface area contributed by atoms with E-state index >= 15 is 0 Å². The second kappa shape index (κ2) is 10.3. The molecule has 0 N–H and O–H groups in total. The van der Waals surface area contributed by atoms with Crippen molar-refractivity contribution in [1.29, 1.82) is 0 Å². The minimum Gasteiger partial charge on any atom is -0.372 e. The van der Waals surface area contributed by atoms with Crippen LogP contribution in [0.5, 0.6) is 0 Å². The Morgan fingerprint density at radius 1 is 1.20 bits per heavy atom. The number of carbonyl (C=O) groups excluding carboxylic acids is 1. The molecule has 180 valence electrons. The monoisotopic (exact) mass is 524 g/mol. The molecule has 0 saturated heterocycles. The first-order valence-corrected chi connectivity index (χ1v) is 13.7. The zero-order valence-corrected chi connectivity index (χ0v) is 21.9. The standard InChI is InChI=1S/C27H25ClN2O3S2/c1-16(2)22-12-20-23(14-33-22)35-25-24(20)26(32)30(13-17-6-4-3-5-7-17)27(29-25)34-15-21(31)18-8-10-19(28)11-9-18/h3-11,16,22H,12-15H2,1-2H3. The molecule has 0 radical (unpaired) electrons. The number of carbonyl (C=O) groups is 1. The van der Waals surface area contributed by atoms with Crippen LogP contribution in [0.4, 0.5) is 0 Å². The van der Waals surface area contributed by atoms with Crippen LogP contribution in [0.1, 0.15) is 40.2 Å². The Bertz CT molecular complexity index is 1430. The number of nitrogens with zero attached hydrogens (tertiary/aromatic N) is 2. The highest BCUT2D eigenvalue weighted by atomic mass is 35.5. The van der Waals surface area contributed by atoms with Gasteiger partial charge in [-0.2, -0.15) is 0 Å². The molecule has 0 spiro atoms. The van der Waals surface area contributed by atoms with Gasteiger partial charge in [-0.05, 0) is 41.3 Å². The smallest absolute Gasteiger partial charge is 0.263 e.